The first-order valence-corrected chi connectivity index (χ1v) is 9.62. The molecule has 0 bridgehead atoms. The third-order valence-corrected chi connectivity index (χ3v) is 5.05. The molecule has 2 aromatic heterocycles. The lowest BCUT2D eigenvalue weighted by atomic mass is 10.0. The van der Waals surface area contributed by atoms with Crippen LogP contribution in [0.15, 0.2) is 59.5 Å². The number of hydrogen-bond acceptors (Lipinski definition) is 4. The first-order chi connectivity index (χ1) is 13.2. The Labute approximate surface area is 166 Å². The molecule has 4 aromatic rings. The highest BCUT2D eigenvalue weighted by atomic mass is 79.9. The zero-order chi connectivity index (χ0) is 18.8. The molecule has 0 aliphatic rings. The van der Waals surface area contributed by atoms with Gasteiger partial charge in [-0.3, -0.25) is 4.68 Å². The lowest BCUT2D eigenvalue weighted by Gasteiger charge is -2.09. The van der Waals surface area contributed by atoms with E-state index in [9.17, 15) is 0 Å². The number of methoxy groups -OCH3 is 1. The molecule has 0 fully saturated rings. The second kappa shape index (κ2) is 7.48. The SMILES string of the molecule is CCCn1cc(-c2ncnc3cc(OC)c(Br)cc23)c(-c2ccccc2)n1. The molecule has 0 spiro atoms. The zero-order valence-electron chi connectivity index (χ0n) is 15.2. The van der Waals surface area contributed by atoms with Crippen LogP contribution in [0.5, 0.6) is 5.75 Å². The Kier molecular flexibility index (Phi) is 4.90. The molecule has 4 rings (SSSR count). The first-order valence-electron chi connectivity index (χ1n) is 8.82. The predicted molar refractivity (Wildman–Crippen MR) is 111 cm³/mol. The van der Waals surface area contributed by atoms with Crippen LogP contribution in [0, 0.1) is 0 Å². The Bertz CT molecular complexity index is 1090. The van der Waals surface area contributed by atoms with E-state index in [1.165, 1.54) is 0 Å². The molecule has 0 radical (unpaired) electrons. The minimum atomic E-state index is 0.747. The molecule has 27 heavy (non-hydrogen) atoms. The summed E-state index contributed by atoms with van der Waals surface area (Å²) in [6.07, 6.45) is 4.69. The fourth-order valence-electron chi connectivity index (χ4n) is 3.18. The molecule has 0 aliphatic carbocycles. The van der Waals surface area contributed by atoms with Gasteiger partial charge in [0.15, 0.2) is 0 Å². The van der Waals surface area contributed by atoms with Crippen LogP contribution in [0.25, 0.3) is 33.4 Å². The molecule has 0 N–H and O–H groups in total. The van der Waals surface area contributed by atoms with Gasteiger partial charge in [0.2, 0.25) is 0 Å². The number of halogens is 1. The summed E-state index contributed by atoms with van der Waals surface area (Å²) in [5, 5.41) is 5.79. The van der Waals surface area contributed by atoms with Crippen LogP contribution >= 0.6 is 15.9 Å². The molecule has 0 aliphatic heterocycles. The van der Waals surface area contributed by atoms with Gasteiger partial charge in [0.05, 0.1) is 22.8 Å². The molecular formula is C21H19BrN4O. The van der Waals surface area contributed by atoms with Gasteiger partial charge in [-0.15, -0.1) is 0 Å². The van der Waals surface area contributed by atoms with Gasteiger partial charge in [0.1, 0.15) is 17.8 Å². The standard InChI is InChI=1S/C21H19BrN4O/c1-3-9-26-12-16(20(25-26)14-7-5-4-6-8-14)21-15-10-17(22)19(27-2)11-18(15)23-13-24-21/h4-8,10-13H,3,9H2,1-2H3. The van der Waals surface area contributed by atoms with Crippen LogP contribution in [-0.2, 0) is 6.54 Å². The van der Waals surface area contributed by atoms with Gasteiger partial charge in [-0.1, -0.05) is 37.3 Å². The van der Waals surface area contributed by atoms with Gasteiger partial charge >= 0.3 is 0 Å². The largest absolute Gasteiger partial charge is 0.495 e. The number of benzene rings is 2. The smallest absolute Gasteiger partial charge is 0.135 e. The number of rotatable bonds is 5. The number of aryl methyl sites for hydroxylation is 1. The summed E-state index contributed by atoms with van der Waals surface area (Å²) in [7, 11) is 1.65. The summed E-state index contributed by atoms with van der Waals surface area (Å²) in [6.45, 7) is 3.01. The minimum absolute atomic E-state index is 0.747. The van der Waals surface area contributed by atoms with Crippen LogP contribution in [0.3, 0.4) is 0 Å². The van der Waals surface area contributed by atoms with E-state index in [1.54, 1.807) is 13.4 Å². The van der Waals surface area contributed by atoms with E-state index in [0.29, 0.717) is 0 Å². The fourth-order valence-corrected chi connectivity index (χ4v) is 3.68. The molecule has 2 heterocycles. The van der Waals surface area contributed by atoms with E-state index >= 15 is 0 Å². The predicted octanol–water partition coefficient (Wildman–Crippen LogP) is 5.34. The molecule has 0 saturated carbocycles. The number of aromatic nitrogens is 4. The first kappa shape index (κ1) is 17.7. The quantitative estimate of drug-likeness (QED) is 0.435. The summed E-state index contributed by atoms with van der Waals surface area (Å²) >= 11 is 3.58. The number of ether oxygens (including phenoxy) is 1. The van der Waals surface area contributed by atoms with Gasteiger partial charge in [-0.05, 0) is 28.4 Å². The van der Waals surface area contributed by atoms with Crippen molar-refractivity contribution in [2.24, 2.45) is 0 Å². The van der Waals surface area contributed by atoms with Gasteiger partial charge in [0, 0.05) is 35.3 Å². The fraction of sp³-hybridized carbons (Fsp3) is 0.190. The lowest BCUT2D eigenvalue weighted by Crippen LogP contribution is -1.96. The molecule has 0 amide bonds. The van der Waals surface area contributed by atoms with Crippen molar-refractivity contribution in [3.63, 3.8) is 0 Å². The van der Waals surface area contributed by atoms with Gasteiger partial charge in [-0.25, -0.2) is 9.97 Å². The summed E-state index contributed by atoms with van der Waals surface area (Å²) in [5.74, 6) is 0.747. The van der Waals surface area contributed by atoms with E-state index in [4.69, 9.17) is 9.84 Å². The summed E-state index contributed by atoms with van der Waals surface area (Å²) in [5.41, 5.74) is 4.70. The van der Waals surface area contributed by atoms with E-state index in [2.05, 4.69) is 51.2 Å². The molecule has 136 valence electrons. The molecule has 6 heteroatoms. The van der Waals surface area contributed by atoms with Crippen molar-refractivity contribution < 1.29 is 4.74 Å². The number of fused-ring (bicyclic) bond motifs is 1. The summed E-state index contributed by atoms with van der Waals surface area (Å²) < 4.78 is 8.27. The molecule has 0 unspecified atom stereocenters. The van der Waals surface area contributed by atoms with Crippen LogP contribution in [0.2, 0.25) is 0 Å². The topological polar surface area (TPSA) is 52.8 Å². The van der Waals surface area contributed by atoms with Crippen LogP contribution in [0.4, 0.5) is 0 Å². The molecule has 5 nitrogen and oxygen atoms in total. The number of hydrogen-bond donors (Lipinski definition) is 0. The second-order valence-corrected chi connectivity index (χ2v) is 7.10. The number of nitrogens with zero attached hydrogens (tertiary/aromatic N) is 4. The monoisotopic (exact) mass is 422 g/mol. The molecular weight excluding hydrogens is 404 g/mol. The van der Waals surface area contributed by atoms with Crippen LogP contribution in [0.1, 0.15) is 13.3 Å². The van der Waals surface area contributed by atoms with Crippen molar-refractivity contribution in [3.05, 3.63) is 59.5 Å². The van der Waals surface area contributed by atoms with Crippen molar-refractivity contribution >= 4 is 26.8 Å². The Morgan fingerprint density at radius 2 is 1.89 bits per heavy atom. The Morgan fingerprint density at radius 1 is 1.07 bits per heavy atom. The Hall–Kier alpha value is -2.73. The highest BCUT2D eigenvalue weighted by molar-refractivity contribution is 9.10. The summed E-state index contributed by atoms with van der Waals surface area (Å²) in [4.78, 5) is 9.03. The Morgan fingerprint density at radius 3 is 2.63 bits per heavy atom. The third-order valence-electron chi connectivity index (χ3n) is 4.43. The average molecular weight is 423 g/mol. The van der Waals surface area contributed by atoms with Crippen LogP contribution in [-0.4, -0.2) is 26.9 Å². The van der Waals surface area contributed by atoms with Crippen molar-refractivity contribution in [1.82, 2.24) is 19.7 Å². The van der Waals surface area contributed by atoms with Crippen LogP contribution < -0.4 is 4.74 Å². The van der Waals surface area contributed by atoms with E-state index in [-0.39, 0.29) is 0 Å². The van der Waals surface area contributed by atoms with E-state index in [1.807, 2.05) is 35.0 Å². The van der Waals surface area contributed by atoms with Crippen molar-refractivity contribution in [3.8, 4) is 28.3 Å². The maximum Gasteiger partial charge on any atom is 0.135 e. The highest BCUT2D eigenvalue weighted by Gasteiger charge is 2.18. The highest BCUT2D eigenvalue weighted by Crippen LogP contribution is 2.37. The lowest BCUT2D eigenvalue weighted by molar-refractivity contribution is 0.412. The van der Waals surface area contributed by atoms with Crippen molar-refractivity contribution in [1.29, 1.82) is 0 Å². The minimum Gasteiger partial charge on any atom is -0.495 e. The maximum absolute atomic E-state index is 5.40. The van der Waals surface area contributed by atoms with Gasteiger partial charge in [0.25, 0.3) is 0 Å². The van der Waals surface area contributed by atoms with E-state index in [0.717, 1.165) is 56.6 Å². The third kappa shape index (κ3) is 3.32. The van der Waals surface area contributed by atoms with Crippen molar-refractivity contribution in [2.45, 2.75) is 19.9 Å². The summed E-state index contributed by atoms with van der Waals surface area (Å²) in [6, 6.07) is 14.1. The average Bonchev–Trinajstić information content (AvgIpc) is 3.11. The zero-order valence-corrected chi connectivity index (χ0v) is 16.8. The van der Waals surface area contributed by atoms with Gasteiger partial charge in [-0.2, -0.15) is 5.10 Å². The molecule has 0 atom stereocenters. The molecule has 0 saturated heterocycles. The normalized spacial score (nSPS) is 11.1. The molecule has 2 aromatic carbocycles. The van der Waals surface area contributed by atoms with E-state index < -0.39 is 0 Å². The Balaban J connectivity index is 1.97. The maximum atomic E-state index is 5.40. The van der Waals surface area contributed by atoms with Gasteiger partial charge < -0.3 is 4.74 Å². The van der Waals surface area contributed by atoms with Crippen molar-refractivity contribution in [2.75, 3.05) is 7.11 Å². The second-order valence-electron chi connectivity index (χ2n) is 6.25.